The Hall–Kier alpha value is -1.97. The van der Waals surface area contributed by atoms with Gasteiger partial charge in [0.05, 0.1) is 6.61 Å². The van der Waals surface area contributed by atoms with Crippen molar-refractivity contribution in [1.82, 2.24) is 25.4 Å². The summed E-state index contributed by atoms with van der Waals surface area (Å²) in [5, 5.41) is 20.7. The van der Waals surface area contributed by atoms with Gasteiger partial charge in [-0.1, -0.05) is 11.8 Å². The lowest BCUT2D eigenvalue weighted by molar-refractivity contribution is -0.121. The molecule has 0 radical (unpaired) electrons. The second kappa shape index (κ2) is 8.41. The van der Waals surface area contributed by atoms with E-state index in [2.05, 4.69) is 25.4 Å². The number of carbonyl (C=O) groups is 1. The van der Waals surface area contributed by atoms with Crippen LogP contribution in [0.3, 0.4) is 0 Å². The van der Waals surface area contributed by atoms with E-state index in [1.165, 1.54) is 11.8 Å². The van der Waals surface area contributed by atoms with Crippen LogP contribution in [0.4, 0.5) is 0 Å². The van der Waals surface area contributed by atoms with Crippen molar-refractivity contribution in [2.45, 2.75) is 30.1 Å². The fourth-order valence-electron chi connectivity index (χ4n) is 2.81. The zero-order valence-corrected chi connectivity index (χ0v) is 14.8. The molecule has 0 aliphatic carbocycles. The molecule has 1 fully saturated rings. The Balaban J connectivity index is 1.41. The van der Waals surface area contributed by atoms with Crippen LogP contribution in [0, 0.1) is 0 Å². The normalized spacial score (nSPS) is 20.7. The molecule has 8 nitrogen and oxygen atoms in total. The van der Waals surface area contributed by atoms with Gasteiger partial charge in [0.1, 0.15) is 0 Å². The first-order valence-corrected chi connectivity index (χ1v) is 9.11. The van der Waals surface area contributed by atoms with Gasteiger partial charge in [-0.2, -0.15) is 0 Å². The van der Waals surface area contributed by atoms with Gasteiger partial charge in [0.25, 0.3) is 5.22 Å². The number of likely N-dealkylation sites (tertiary alicyclic amines) is 1. The van der Waals surface area contributed by atoms with Crippen molar-refractivity contribution < 1.29 is 14.3 Å². The quantitative estimate of drug-likeness (QED) is 0.696. The lowest BCUT2D eigenvalue weighted by Crippen LogP contribution is -2.36. The van der Waals surface area contributed by atoms with E-state index in [1.807, 2.05) is 7.05 Å². The molecule has 1 amide bonds. The van der Waals surface area contributed by atoms with Crippen LogP contribution in [0.15, 0.2) is 34.2 Å². The maximum absolute atomic E-state index is 12.0. The third kappa shape index (κ3) is 4.77. The third-order valence-corrected chi connectivity index (χ3v) is 4.97. The van der Waals surface area contributed by atoms with Crippen LogP contribution in [0.1, 0.15) is 12.8 Å². The molecule has 1 aliphatic heterocycles. The number of hydrogen-bond donors (Lipinski definition) is 2. The first kappa shape index (κ1) is 17.8. The van der Waals surface area contributed by atoms with Crippen molar-refractivity contribution in [2.75, 3.05) is 26.0 Å². The molecule has 0 unspecified atom stereocenters. The van der Waals surface area contributed by atoms with Crippen LogP contribution in [0.2, 0.25) is 0 Å². The Morgan fingerprint density at radius 3 is 2.96 bits per heavy atom. The Morgan fingerprint density at radius 2 is 2.24 bits per heavy atom. The van der Waals surface area contributed by atoms with Crippen LogP contribution in [0.5, 0.6) is 0 Å². The molecule has 3 heterocycles. The molecule has 0 aromatic carbocycles. The van der Waals surface area contributed by atoms with Gasteiger partial charge < -0.3 is 14.8 Å². The second-order valence-corrected chi connectivity index (χ2v) is 7.03. The standard InChI is InChI=1S/C16H21N5O3S/c1-21-9-12(8-13(21)10-22)18-14(23)4-7-25-16-20-19-15(24-16)11-2-5-17-6-3-11/h2-3,5-6,12-13,22H,4,7-10H2,1H3,(H,18,23)/t12-,13+/m1/s1. The SMILES string of the molecule is CN1C[C@H](NC(=O)CCSc2nnc(-c3ccncc3)o2)C[C@H]1CO. The van der Waals surface area contributed by atoms with Crippen molar-refractivity contribution in [1.29, 1.82) is 0 Å². The van der Waals surface area contributed by atoms with Gasteiger partial charge in [0, 0.05) is 48.8 Å². The first-order chi connectivity index (χ1) is 12.2. The first-order valence-electron chi connectivity index (χ1n) is 8.13. The monoisotopic (exact) mass is 363 g/mol. The largest absolute Gasteiger partial charge is 0.411 e. The van der Waals surface area contributed by atoms with Gasteiger partial charge in [0.15, 0.2) is 0 Å². The summed E-state index contributed by atoms with van der Waals surface area (Å²) in [6, 6.07) is 3.83. The topological polar surface area (TPSA) is 104 Å². The molecule has 2 aromatic rings. The molecule has 9 heteroatoms. The van der Waals surface area contributed by atoms with Crippen LogP contribution >= 0.6 is 11.8 Å². The van der Waals surface area contributed by atoms with E-state index < -0.39 is 0 Å². The van der Waals surface area contributed by atoms with Crippen molar-refractivity contribution in [3.8, 4) is 11.5 Å². The fraction of sp³-hybridized carbons (Fsp3) is 0.500. The van der Waals surface area contributed by atoms with Gasteiger partial charge in [-0.25, -0.2) is 0 Å². The van der Waals surface area contributed by atoms with E-state index in [1.54, 1.807) is 24.5 Å². The number of rotatable bonds is 7. The molecule has 0 spiro atoms. The molecule has 2 N–H and O–H groups in total. The Morgan fingerprint density at radius 1 is 1.44 bits per heavy atom. The minimum atomic E-state index is -0.00152. The van der Waals surface area contributed by atoms with E-state index in [-0.39, 0.29) is 24.6 Å². The number of hydrogen-bond acceptors (Lipinski definition) is 8. The molecular weight excluding hydrogens is 342 g/mol. The predicted molar refractivity (Wildman–Crippen MR) is 92.9 cm³/mol. The average molecular weight is 363 g/mol. The maximum Gasteiger partial charge on any atom is 0.276 e. The highest BCUT2D eigenvalue weighted by Gasteiger charge is 2.29. The molecule has 0 saturated carbocycles. The molecular formula is C16H21N5O3S. The zero-order valence-electron chi connectivity index (χ0n) is 14.0. The van der Waals surface area contributed by atoms with Gasteiger partial charge in [0.2, 0.25) is 11.8 Å². The summed E-state index contributed by atoms with van der Waals surface area (Å²) in [6.07, 6.45) is 4.49. The number of likely N-dealkylation sites (N-methyl/N-ethyl adjacent to an activating group) is 1. The number of aliphatic hydroxyl groups is 1. The van der Waals surface area contributed by atoms with Crippen LogP contribution < -0.4 is 5.32 Å². The smallest absolute Gasteiger partial charge is 0.276 e. The van der Waals surface area contributed by atoms with Crippen LogP contribution in [-0.2, 0) is 4.79 Å². The lowest BCUT2D eigenvalue weighted by Gasteiger charge is -2.15. The zero-order chi connectivity index (χ0) is 17.6. The molecule has 3 rings (SSSR count). The summed E-state index contributed by atoms with van der Waals surface area (Å²) in [7, 11) is 1.96. The summed E-state index contributed by atoms with van der Waals surface area (Å²) < 4.78 is 5.57. The molecule has 1 saturated heterocycles. The maximum atomic E-state index is 12.0. The lowest BCUT2D eigenvalue weighted by atomic mass is 10.2. The highest BCUT2D eigenvalue weighted by molar-refractivity contribution is 7.99. The summed E-state index contributed by atoms with van der Waals surface area (Å²) in [6.45, 7) is 0.888. The summed E-state index contributed by atoms with van der Waals surface area (Å²) >= 11 is 1.36. The number of nitrogens with one attached hydrogen (secondary N) is 1. The van der Waals surface area contributed by atoms with Gasteiger partial charge in [-0.3, -0.25) is 14.7 Å². The second-order valence-electron chi connectivity index (χ2n) is 5.98. The highest BCUT2D eigenvalue weighted by atomic mass is 32.2. The molecule has 0 bridgehead atoms. The Bertz CT molecular complexity index is 696. The van der Waals surface area contributed by atoms with E-state index in [4.69, 9.17) is 4.42 Å². The van der Waals surface area contributed by atoms with Crippen molar-refractivity contribution in [3.63, 3.8) is 0 Å². The van der Waals surface area contributed by atoms with E-state index in [9.17, 15) is 9.90 Å². The average Bonchev–Trinajstić information content (AvgIpc) is 3.22. The van der Waals surface area contributed by atoms with E-state index >= 15 is 0 Å². The van der Waals surface area contributed by atoms with E-state index in [0.717, 1.165) is 18.5 Å². The summed E-state index contributed by atoms with van der Waals surface area (Å²) in [5.41, 5.74) is 0.816. The Labute approximate surface area is 150 Å². The van der Waals surface area contributed by atoms with E-state index in [0.29, 0.717) is 23.3 Å². The van der Waals surface area contributed by atoms with Crippen LogP contribution in [0.25, 0.3) is 11.5 Å². The van der Waals surface area contributed by atoms with Gasteiger partial charge in [-0.15, -0.1) is 10.2 Å². The van der Waals surface area contributed by atoms with Crippen LogP contribution in [-0.4, -0.2) is 69.1 Å². The molecule has 25 heavy (non-hydrogen) atoms. The van der Waals surface area contributed by atoms with Gasteiger partial charge >= 0.3 is 0 Å². The molecule has 1 aliphatic rings. The van der Waals surface area contributed by atoms with Crippen molar-refractivity contribution in [2.24, 2.45) is 0 Å². The number of aromatic nitrogens is 3. The minimum absolute atomic E-state index is 0.00152. The van der Waals surface area contributed by atoms with Gasteiger partial charge in [-0.05, 0) is 25.6 Å². The van der Waals surface area contributed by atoms with Crippen molar-refractivity contribution >= 4 is 17.7 Å². The number of aliphatic hydroxyl groups excluding tert-OH is 1. The predicted octanol–water partition coefficient (Wildman–Crippen LogP) is 0.795. The molecule has 2 aromatic heterocycles. The highest BCUT2D eigenvalue weighted by Crippen LogP contribution is 2.23. The number of pyridine rings is 1. The Kier molecular flexibility index (Phi) is 6.00. The third-order valence-electron chi connectivity index (χ3n) is 4.15. The fourth-order valence-corrected chi connectivity index (χ4v) is 3.51. The number of amides is 1. The number of thioether (sulfide) groups is 1. The number of nitrogens with zero attached hydrogens (tertiary/aromatic N) is 4. The summed E-state index contributed by atoms with van der Waals surface area (Å²) in [5.74, 6) is 1.01. The molecule has 2 atom stereocenters. The molecule has 134 valence electrons. The minimum Gasteiger partial charge on any atom is -0.411 e. The number of carbonyl (C=O) groups excluding carboxylic acids is 1. The van der Waals surface area contributed by atoms with Crippen molar-refractivity contribution in [3.05, 3.63) is 24.5 Å². The summed E-state index contributed by atoms with van der Waals surface area (Å²) in [4.78, 5) is 18.1.